The zero-order valence-corrected chi connectivity index (χ0v) is 10.0. The lowest BCUT2D eigenvalue weighted by molar-refractivity contribution is -0.113. The number of nitrogens with zero attached hydrogens (tertiary/aromatic N) is 2. The molecule has 0 fully saturated rings. The van der Waals surface area contributed by atoms with Crippen molar-refractivity contribution in [2.45, 2.75) is 13.8 Å². The van der Waals surface area contributed by atoms with E-state index >= 15 is 0 Å². The minimum Gasteiger partial charge on any atom is -0.510 e. The van der Waals surface area contributed by atoms with Crippen molar-refractivity contribution in [1.29, 1.82) is 0 Å². The number of aliphatic hydroxyl groups is 1. The molecule has 1 aliphatic rings. The molecule has 0 aliphatic carbocycles. The SMILES string of the molecule is CC(=O)/C(N=Nc1ccc2c(c1)OCO2)=C(\C)O. The van der Waals surface area contributed by atoms with Gasteiger partial charge in [0, 0.05) is 13.0 Å². The number of ketones is 1. The van der Waals surface area contributed by atoms with Crippen LogP contribution < -0.4 is 9.47 Å². The van der Waals surface area contributed by atoms with Crippen molar-refractivity contribution in [3.8, 4) is 11.5 Å². The second kappa shape index (κ2) is 4.87. The van der Waals surface area contributed by atoms with Gasteiger partial charge in [0.1, 0.15) is 5.76 Å². The second-order valence-electron chi connectivity index (χ2n) is 3.73. The van der Waals surface area contributed by atoms with Gasteiger partial charge < -0.3 is 14.6 Å². The van der Waals surface area contributed by atoms with Crippen molar-refractivity contribution in [3.05, 3.63) is 29.7 Å². The number of rotatable bonds is 3. The lowest BCUT2D eigenvalue weighted by atomic mass is 10.3. The highest BCUT2D eigenvalue weighted by atomic mass is 16.7. The molecule has 1 aliphatic heterocycles. The average molecular weight is 248 g/mol. The first-order chi connectivity index (χ1) is 8.58. The summed E-state index contributed by atoms with van der Waals surface area (Å²) >= 11 is 0. The van der Waals surface area contributed by atoms with Gasteiger partial charge in [0.25, 0.3) is 0 Å². The molecule has 1 aromatic carbocycles. The van der Waals surface area contributed by atoms with Crippen LogP contribution >= 0.6 is 0 Å². The molecule has 1 heterocycles. The van der Waals surface area contributed by atoms with E-state index < -0.39 is 0 Å². The standard InChI is InChI=1S/C12H12N2O4/c1-7(15)12(8(2)16)14-13-9-3-4-10-11(5-9)18-6-17-10/h3-5,15H,6H2,1-2H3/b12-7-,14-13?. The van der Waals surface area contributed by atoms with Crippen LogP contribution in [-0.4, -0.2) is 17.7 Å². The highest BCUT2D eigenvalue weighted by molar-refractivity contribution is 5.93. The molecule has 1 N–H and O–H groups in total. The van der Waals surface area contributed by atoms with Gasteiger partial charge in [-0.25, -0.2) is 0 Å². The third kappa shape index (κ3) is 2.48. The van der Waals surface area contributed by atoms with Crippen molar-refractivity contribution in [3.63, 3.8) is 0 Å². The zero-order valence-electron chi connectivity index (χ0n) is 10.0. The fraction of sp³-hybridized carbons (Fsp3) is 0.250. The number of aliphatic hydroxyl groups excluding tert-OH is 1. The van der Waals surface area contributed by atoms with E-state index in [0.717, 1.165) is 0 Å². The highest BCUT2D eigenvalue weighted by Crippen LogP contribution is 2.35. The van der Waals surface area contributed by atoms with Crippen molar-refractivity contribution in [1.82, 2.24) is 0 Å². The van der Waals surface area contributed by atoms with Crippen LogP contribution in [0.25, 0.3) is 0 Å². The van der Waals surface area contributed by atoms with Gasteiger partial charge in [-0.1, -0.05) is 0 Å². The summed E-state index contributed by atoms with van der Waals surface area (Å²) in [5, 5.41) is 16.9. The van der Waals surface area contributed by atoms with E-state index in [1.807, 2.05) is 0 Å². The first-order valence-electron chi connectivity index (χ1n) is 5.30. The Kier molecular flexibility index (Phi) is 3.27. The maximum Gasteiger partial charge on any atom is 0.231 e. The molecule has 0 aromatic heterocycles. The monoisotopic (exact) mass is 248 g/mol. The van der Waals surface area contributed by atoms with Crippen LogP contribution in [0, 0.1) is 0 Å². The third-order valence-electron chi connectivity index (χ3n) is 2.30. The molecule has 6 nitrogen and oxygen atoms in total. The van der Waals surface area contributed by atoms with Crippen LogP contribution in [-0.2, 0) is 4.79 Å². The number of allylic oxidation sites excluding steroid dienone is 2. The number of hydrogen-bond acceptors (Lipinski definition) is 6. The Hall–Kier alpha value is -2.37. The summed E-state index contributed by atoms with van der Waals surface area (Å²) in [6, 6.07) is 5.04. The number of azo groups is 1. The number of hydrogen-bond donors (Lipinski definition) is 1. The summed E-state index contributed by atoms with van der Waals surface area (Å²) in [7, 11) is 0. The molecular weight excluding hydrogens is 236 g/mol. The number of carbonyl (C=O) groups excluding carboxylic acids is 1. The average Bonchev–Trinajstić information content (AvgIpc) is 2.75. The van der Waals surface area contributed by atoms with E-state index in [1.54, 1.807) is 18.2 Å². The third-order valence-corrected chi connectivity index (χ3v) is 2.30. The Bertz CT molecular complexity index is 545. The van der Waals surface area contributed by atoms with Crippen molar-refractivity contribution >= 4 is 11.5 Å². The predicted molar refractivity (Wildman–Crippen MR) is 63.1 cm³/mol. The molecule has 0 spiro atoms. The fourth-order valence-corrected chi connectivity index (χ4v) is 1.45. The molecule has 0 bridgehead atoms. The van der Waals surface area contributed by atoms with Gasteiger partial charge in [0.05, 0.1) is 5.69 Å². The number of Topliss-reactive ketones (excluding diaryl/α,β-unsaturated/α-hetero) is 1. The van der Waals surface area contributed by atoms with E-state index in [4.69, 9.17) is 9.47 Å². The maximum atomic E-state index is 11.2. The van der Waals surface area contributed by atoms with Crippen molar-refractivity contribution in [2.75, 3.05) is 6.79 Å². The first kappa shape index (κ1) is 12.1. The lowest BCUT2D eigenvalue weighted by Crippen LogP contribution is -1.96. The van der Waals surface area contributed by atoms with Gasteiger partial charge >= 0.3 is 0 Å². The quantitative estimate of drug-likeness (QED) is 0.506. The summed E-state index contributed by atoms with van der Waals surface area (Å²) in [4.78, 5) is 11.2. The summed E-state index contributed by atoms with van der Waals surface area (Å²) in [5.74, 6) is 0.724. The molecule has 0 saturated heterocycles. The topological polar surface area (TPSA) is 80.5 Å². The van der Waals surface area contributed by atoms with E-state index in [0.29, 0.717) is 17.2 Å². The van der Waals surface area contributed by atoms with E-state index in [1.165, 1.54) is 13.8 Å². The molecule has 0 saturated carbocycles. The highest BCUT2D eigenvalue weighted by Gasteiger charge is 2.13. The number of fused-ring (bicyclic) bond motifs is 1. The van der Waals surface area contributed by atoms with Crippen LogP contribution in [0.2, 0.25) is 0 Å². The Balaban J connectivity index is 2.24. The summed E-state index contributed by atoms with van der Waals surface area (Å²) in [6.45, 7) is 2.88. The molecule has 0 atom stereocenters. The number of benzene rings is 1. The smallest absolute Gasteiger partial charge is 0.231 e. The van der Waals surface area contributed by atoms with Crippen LogP contribution in [0.4, 0.5) is 5.69 Å². The second-order valence-corrected chi connectivity index (χ2v) is 3.73. The molecule has 0 unspecified atom stereocenters. The molecule has 0 amide bonds. The summed E-state index contributed by atoms with van der Waals surface area (Å²) < 4.78 is 10.3. The first-order valence-corrected chi connectivity index (χ1v) is 5.30. The van der Waals surface area contributed by atoms with Gasteiger partial charge in [-0.05, 0) is 19.1 Å². The maximum absolute atomic E-state index is 11.2. The Morgan fingerprint density at radius 2 is 2.00 bits per heavy atom. The van der Waals surface area contributed by atoms with Crippen LogP contribution in [0.1, 0.15) is 13.8 Å². The van der Waals surface area contributed by atoms with Crippen molar-refractivity contribution in [2.24, 2.45) is 10.2 Å². The number of ether oxygens (including phenoxy) is 2. The Morgan fingerprint density at radius 3 is 2.67 bits per heavy atom. The van der Waals surface area contributed by atoms with Gasteiger partial charge in [0.15, 0.2) is 23.0 Å². The molecule has 1 aromatic rings. The van der Waals surface area contributed by atoms with Gasteiger partial charge in [-0.2, -0.15) is 5.11 Å². The molecule has 6 heteroatoms. The van der Waals surface area contributed by atoms with Crippen LogP contribution in [0.5, 0.6) is 11.5 Å². The van der Waals surface area contributed by atoms with Crippen LogP contribution in [0.15, 0.2) is 39.9 Å². The molecule has 0 radical (unpaired) electrons. The predicted octanol–water partition coefficient (Wildman–Crippen LogP) is 2.88. The number of carbonyl (C=O) groups is 1. The lowest BCUT2D eigenvalue weighted by Gasteiger charge is -1.98. The van der Waals surface area contributed by atoms with E-state index in [2.05, 4.69) is 10.2 Å². The van der Waals surface area contributed by atoms with Gasteiger partial charge in [-0.15, -0.1) is 5.11 Å². The normalized spacial score (nSPS) is 14.8. The van der Waals surface area contributed by atoms with Crippen LogP contribution in [0.3, 0.4) is 0 Å². The summed E-state index contributed by atoms with van der Waals surface area (Å²) in [6.07, 6.45) is 0. The Labute approximate surface area is 104 Å². The van der Waals surface area contributed by atoms with Gasteiger partial charge in [0.2, 0.25) is 6.79 Å². The fourth-order valence-electron chi connectivity index (χ4n) is 1.45. The molecule has 2 rings (SSSR count). The van der Waals surface area contributed by atoms with E-state index in [-0.39, 0.29) is 24.0 Å². The molecule has 18 heavy (non-hydrogen) atoms. The molecular formula is C12H12N2O4. The minimum absolute atomic E-state index is 0.0623. The largest absolute Gasteiger partial charge is 0.510 e. The summed E-state index contributed by atoms with van der Waals surface area (Å²) in [5.41, 5.74) is 0.451. The van der Waals surface area contributed by atoms with Gasteiger partial charge in [-0.3, -0.25) is 4.79 Å². The van der Waals surface area contributed by atoms with Crippen molar-refractivity contribution < 1.29 is 19.4 Å². The van der Waals surface area contributed by atoms with E-state index in [9.17, 15) is 9.90 Å². The molecule has 94 valence electrons. The zero-order chi connectivity index (χ0) is 13.1. The minimum atomic E-state index is -0.348. The Morgan fingerprint density at radius 1 is 1.28 bits per heavy atom.